The summed E-state index contributed by atoms with van der Waals surface area (Å²) in [7, 11) is 0. The summed E-state index contributed by atoms with van der Waals surface area (Å²) < 4.78 is 17.0. The van der Waals surface area contributed by atoms with E-state index in [1.54, 1.807) is 6.20 Å². The van der Waals surface area contributed by atoms with Crippen LogP contribution in [0, 0.1) is 11.8 Å². The topological polar surface area (TPSA) is 255 Å². The second kappa shape index (κ2) is 13.8. The van der Waals surface area contributed by atoms with Crippen LogP contribution in [0.25, 0.3) is 22.1 Å². The summed E-state index contributed by atoms with van der Waals surface area (Å²) in [4.78, 5) is 53.3. The first kappa shape index (κ1) is 35.3. The van der Waals surface area contributed by atoms with E-state index in [0.717, 1.165) is 11.6 Å². The number of carbonyl (C=O) groups excluding carboxylic acids is 2. The van der Waals surface area contributed by atoms with Gasteiger partial charge in [0.1, 0.15) is 23.2 Å². The molecule has 49 heavy (non-hydrogen) atoms. The Labute approximate surface area is 278 Å². The van der Waals surface area contributed by atoms with Crippen molar-refractivity contribution in [1.82, 2.24) is 10.3 Å². The number of carbonyl (C=O) groups is 3. The average molecular weight is 680 g/mol. The third-order valence-electron chi connectivity index (χ3n) is 8.91. The first-order chi connectivity index (χ1) is 23.2. The second-order valence-electron chi connectivity index (χ2n) is 12.4. The van der Waals surface area contributed by atoms with E-state index in [9.17, 15) is 44.7 Å². The number of nitrogens with two attached hydrogens (primary N) is 1. The van der Waals surface area contributed by atoms with E-state index in [4.69, 9.17) is 19.6 Å². The highest BCUT2D eigenvalue weighted by Gasteiger charge is 2.67. The summed E-state index contributed by atoms with van der Waals surface area (Å²) in [6, 6.07) is 11.0. The molecule has 1 saturated heterocycles. The standard InChI is InChI=1S/C34H37N3O12/c1-17(2)20(11-18-9-10-36-13-18)14-37-15-33(45)32(49-28(31(43)44)29(41)34(33,46)16-38)47-22-7-8-23-24(12-22)48-27(30(35)42)25(26(23)40)19-3-5-21(39)6-4-19/h3-10,12-13,16-17,20,28-29,32,36-37,39,41,45-46H,11,14-15H2,1-2H3,(H2,35,42)(H,43,44). The van der Waals surface area contributed by atoms with Gasteiger partial charge in [0.25, 0.3) is 5.91 Å². The SMILES string of the molecule is CC(C)C(CNCC1(O)C(Oc2ccc3c(=O)c(-c4ccc(O)cc4)c(C(N)=O)oc3c2)OC(C(=O)O)C(O)C1(O)C=O)Cc1cc[nH]c1. The number of aliphatic hydroxyl groups is 3. The Hall–Kier alpha value is -5.06. The number of hydrogen-bond donors (Lipinski definition) is 8. The molecule has 1 aliphatic heterocycles. The molecule has 0 aliphatic carbocycles. The van der Waals surface area contributed by atoms with Crippen molar-refractivity contribution in [2.45, 2.75) is 50.0 Å². The number of aldehydes is 1. The molecule has 6 atom stereocenters. The largest absolute Gasteiger partial charge is 0.508 e. The number of carboxylic acid groups (broad SMARTS) is 1. The number of aliphatic carboxylic acids is 1. The highest BCUT2D eigenvalue weighted by molar-refractivity contribution is 5.99. The quantitative estimate of drug-likeness (QED) is 0.0916. The van der Waals surface area contributed by atoms with E-state index in [1.807, 2.05) is 26.1 Å². The normalized spacial score (nSPS) is 24.5. The Morgan fingerprint density at radius 3 is 2.45 bits per heavy atom. The molecule has 1 fully saturated rings. The van der Waals surface area contributed by atoms with Crippen LogP contribution in [0.5, 0.6) is 11.5 Å². The molecule has 1 amide bonds. The fourth-order valence-corrected chi connectivity index (χ4v) is 5.92. The molecular weight excluding hydrogens is 642 g/mol. The van der Waals surface area contributed by atoms with Crippen LogP contribution in [0.4, 0.5) is 0 Å². The van der Waals surface area contributed by atoms with E-state index >= 15 is 0 Å². The smallest absolute Gasteiger partial charge is 0.335 e. The summed E-state index contributed by atoms with van der Waals surface area (Å²) in [6.45, 7) is 3.67. The molecule has 6 unspecified atom stereocenters. The van der Waals surface area contributed by atoms with Gasteiger partial charge in [0.15, 0.2) is 23.6 Å². The van der Waals surface area contributed by atoms with Crippen molar-refractivity contribution in [1.29, 1.82) is 0 Å². The minimum atomic E-state index is -3.10. The zero-order valence-corrected chi connectivity index (χ0v) is 26.5. The van der Waals surface area contributed by atoms with Crippen molar-refractivity contribution < 1.29 is 53.8 Å². The fourth-order valence-electron chi connectivity index (χ4n) is 5.92. The van der Waals surface area contributed by atoms with Gasteiger partial charge in [-0.1, -0.05) is 26.0 Å². The van der Waals surface area contributed by atoms with Gasteiger partial charge < -0.3 is 55.5 Å². The molecule has 15 nitrogen and oxygen atoms in total. The molecule has 0 saturated carbocycles. The number of aromatic amines is 1. The van der Waals surface area contributed by atoms with E-state index in [1.165, 1.54) is 36.4 Å². The zero-order valence-electron chi connectivity index (χ0n) is 26.5. The number of fused-ring (bicyclic) bond motifs is 1. The molecule has 2 aromatic heterocycles. The van der Waals surface area contributed by atoms with Crippen molar-refractivity contribution in [3.05, 3.63) is 82.5 Å². The average Bonchev–Trinajstić information content (AvgIpc) is 3.58. The van der Waals surface area contributed by atoms with E-state index in [2.05, 4.69) is 10.3 Å². The van der Waals surface area contributed by atoms with Gasteiger partial charge in [-0.25, -0.2) is 4.79 Å². The van der Waals surface area contributed by atoms with E-state index in [-0.39, 0.29) is 58.3 Å². The maximum absolute atomic E-state index is 13.5. The van der Waals surface area contributed by atoms with Crippen molar-refractivity contribution >= 4 is 29.1 Å². The number of amides is 1. The van der Waals surface area contributed by atoms with E-state index < -0.39 is 59.3 Å². The highest BCUT2D eigenvalue weighted by atomic mass is 16.7. The number of phenolic OH excluding ortho intramolecular Hbond substituents is 1. The van der Waals surface area contributed by atoms with E-state index in [0.29, 0.717) is 6.42 Å². The number of aromatic nitrogens is 1. The molecule has 0 radical (unpaired) electrons. The summed E-state index contributed by atoms with van der Waals surface area (Å²) in [5.41, 5.74) is -0.0524. The van der Waals surface area contributed by atoms with Gasteiger partial charge in [-0.3, -0.25) is 14.4 Å². The molecule has 260 valence electrons. The number of H-pyrrole nitrogens is 1. The molecule has 15 heteroatoms. The number of phenols is 1. The first-order valence-electron chi connectivity index (χ1n) is 15.4. The van der Waals surface area contributed by atoms with Crippen LogP contribution >= 0.6 is 0 Å². The predicted molar refractivity (Wildman–Crippen MR) is 173 cm³/mol. The highest BCUT2D eigenvalue weighted by Crippen LogP contribution is 2.39. The Balaban J connectivity index is 1.51. The number of rotatable bonds is 13. The van der Waals surface area contributed by atoms with Crippen LogP contribution in [0.2, 0.25) is 0 Å². The first-order valence-corrected chi connectivity index (χ1v) is 15.4. The molecular formula is C34H37N3O12. The monoisotopic (exact) mass is 679 g/mol. The van der Waals surface area contributed by atoms with Crippen molar-refractivity contribution in [3.8, 4) is 22.6 Å². The number of aliphatic hydroxyl groups excluding tert-OH is 1. The van der Waals surface area contributed by atoms with Gasteiger partial charge in [0.05, 0.1) is 10.9 Å². The Bertz CT molecular complexity index is 1890. The van der Waals surface area contributed by atoms with Crippen molar-refractivity contribution in [2.75, 3.05) is 13.1 Å². The van der Waals surface area contributed by atoms with Crippen LogP contribution in [0.1, 0.15) is 30.0 Å². The third kappa shape index (κ3) is 6.66. The second-order valence-corrected chi connectivity index (χ2v) is 12.4. The zero-order chi connectivity index (χ0) is 35.7. The maximum Gasteiger partial charge on any atom is 0.335 e. The lowest BCUT2D eigenvalue weighted by Crippen LogP contribution is -2.79. The number of benzene rings is 2. The summed E-state index contributed by atoms with van der Waals surface area (Å²) in [5.74, 6) is -3.43. The van der Waals surface area contributed by atoms with Gasteiger partial charge in [0, 0.05) is 25.0 Å². The third-order valence-corrected chi connectivity index (χ3v) is 8.91. The van der Waals surface area contributed by atoms with Crippen LogP contribution in [-0.4, -0.2) is 91.5 Å². The van der Waals surface area contributed by atoms with Crippen LogP contribution in [-0.2, 0) is 20.7 Å². The molecule has 0 spiro atoms. The lowest BCUT2D eigenvalue weighted by Gasteiger charge is -2.51. The van der Waals surface area contributed by atoms with Gasteiger partial charge in [0.2, 0.25) is 17.5 Å². The van der Waals surface area contributed by atoms with Crippen LogP contribution < -0.4 is 21.2 Å². The molecule has 9 N–H and O–H groups in total. The number of aromatic hydroxyl groups is 1. The van der Waals surface area contributed by atoms with Crippen molar-refractivity contribution in [3.63, 3.8) is 0 Å². The molecule has 3 heterocycles. The number of carboxylic acids is 1. The molecule has 2 aromatic carbocycles. The van der Waals surface area contributed by atoms with Crippen LogP contribution in [0.15, 0.2) is 70.1 Å². The lowest BCUT2D eigenvalue weighted by atomic mass is 9.74. The Morgan fingerprint density at radius 1 is 1.14 bits per heavy atom. The minimum Gasteiger partial charge on any atom is -0.508 e. The Kier molecular flexibility index (Phi) is 9.94. The van der Waals surface area contributed by atoms with Crippen molar-refractivity contribution in [2.24, 2.45) is 17.6 Å². The number of ether oxygens (including phenoxy) is 2. The molecule has 1 aliphatic rings. The number of nitrogens with one attached hydrogen (secondary N) is 2. The van der Waals surface area contributed by atoms with Gasteiger partial charge in [-0.2, -0.15) is 0 Å². The molecule has 5 rings (SSSR count). The number of hydrogen-bond acceptors (Lipinski definition) is 12. The predicted octanol–water partition coefficient (Wildman–Crippen LogP) is 0.907. The number of primary amides is 1. The molecule has 4 aromatic rings. The fraction of sp³-hybridized carbons (Fsp3) is 0.353. The minimum absolute atomic E-state index is 0.0126. The summed E-state index contributed by atoms with van der Waals surface area (Å²) in [6.07, 6.45) is -2.56. The summed E-state index contributed by atoms with van der Waals surface area (Å²) >= 11 is 0. The summed E-state index contributed by atoms with van der Waals surface area (Å²) in [5, 5.41) is 56.5. The van der Waals surface area contributed by atoms with Gasteiger partial charge in [-0.15, -0.1) is 0 Å². The molecule has 0 bridgehead atoms. The van der Waals surface area contributed by atoms with Crippen LogP contribution in [0.3, 0.4) is 0 Å². The van der Waals surface area contributed by atoms with Gasteiger partial charge >= 0.3 is 5.97 Å². The van der Waals surface area contributed by atoms with Gasteiger partial charge in [-0.05, 0) is 66.3 Å². The Morgan fingerprint density at radius 2 is 1.86 bits per heavy atom. The lowest BCUT2D eigenvalue weighted by molar-refractivity contribution is -0.334. The maximum atomic E-state index is 13.5.